The number of aromatic nitrogens is 2. The van der Waals surface area contributed by atoms with E-state index in [9.17, 15) is 5.11 Å². The lowest BCUT2D eigenvalue weighted by atomic mass is 10.3. The molecule has 5 heteroatoms. The summed E-state index contributed by atoms with van der Waals surface area (Å²) >= 11 is 5.95. The molecule has 0 bridgehead atoms. The van der Waals surface area contributed by atoms with Gasteiger partial charge in [0.05, 0.1) is 11.0 Å². The number of fused-ring (bicyclic) bond motifs is 1. The number of hydrogen-bond donors (Lipinski definition) is 2. The van der Waals surface area contributed by atoms with E-state index < -0.39 is 6.10 Å². The lowest BCUT2D eigenvalue weighted by Gasteiger charge is -2.11. The van der Waals surface area contributed by atoms with Crippen molar-refractivity contribution in [2.75, 3.05) is 6.54 Å². The van der Waals surface area contributed by atoms with Gasteiger partial charge in [0, 0.05) is 17.6 Å². The van der Waals surface area contributed by atoms with Crippen molar-refractivity contribution >= 4 is 22.6 Å². The first-order chi connectivity index (χ1) is 8.20. The number of imidazole rings is 1. The van der Waals surface area contributed by atoms with E-state index in [2.05, 4.69) is 9.55 Å². The predicted octanol–water partition coefficient (Wildman–Crippen LogP) is 2.02. The van der Waals surface area contributed by atoms with Crippen LogP contribution in [0.2, 0.25) is 5.02 Å². The van der Waals surface area contributed by atoms with Gasteiger partial charge in [0.25, 0.3) is 0 Å². The van der Waals surface area contributed by atoms with Gasteiger partial charge in [0.1, 0.15) is 11.9 Å². The second-order valence-electron chi connectivity index (χ2n) is 4.46. The Hall–Kier alpha value is -1.10. The van der Waals surface area contributed by atoms with Gasteiger partial charge in [-0.25, -0.2) is 4.98 Å². The van der Waals surface area contributed by atoms with E-state index in [4.69, 9.17) is 17.3 Å². The molecule has 1 aromatic heterocycles. The molecule has 3 N–H and O–H groups in total. The minimum atomic E-state index is -0.707. The van der Waals surface area contributed by atoms with Gasteiger partial charge in [0.2, 0.25) is 0 Å². The maximum absolute atomic E-state index is 9.92. The van der Waals surface area contributed by atoms with Gasteiger partial charge in [-0.2, -0.15) is 0 Å². The fourth-order valence-electron chi connectivity index (χ4n) is 2.15. The zero-order chi connectivity index (χ0) is 12.0. The van der Waals surface area contributed by atoms with Crippen LogP contribution >= 0.6 is 11.6 Å². The first-order valence-electron chi connectivity index (χ1n) is 5.76. The molecule has 90 valence electrons. The Morgan fingerprint density at radius 1 is 1.53 bits per heavy atom. The minimum Gasteiger partial charge on any atom is -0.384 e. The molecule has 1 aromatic carbocycles. The second kappa shape index (κ2) is 3.98. The standard InChI is InChI=1S/C12H14ClN3O/c13-7-1-4-10-9(5-7)15-12(11(17)6-14)16(10)8-2-3-8/h1,4-5,8,11,17H,2-3,6,14H2. The van der Waals surface area contributed by atoms with Crippen LogP contribution in [0.4, 0.5) is 0 Å². The van der Waals surface area contributed by atoms with Crippen LogP contribution in [-0.2, 0) is 0 Å². The van der Waals surface area contributed by atoms with E-state index in [1.54, 1.807) is 0 Å². The molecule has 4 nitrogen and oxygen atoms in total. The van der Waals surface area contributed by atoms with Gasteiger partial charge >= 0.3 is 0 Å². The number of aliphatic hydroxyl groups is 1. The molecule has 1 aliphatic rings. The average molecular weight is 252 g/mol. The predicted molar refractivity (Wildman–Crippen MR) is 67.0 cm³/mol. The lowest BCUT2D eigenvalue weighted by Crippen LogP contribution is -2.16. The van der Waals surface area contributed by atoms with Crippen LogP contribution in [0.3, 0.4) is 0 Å². The monoisotopic (exact) mass is 251 g/mol. The van der Waals surface area contributed by atoms with Crippen molar-refractivity contribution in [1.82, 2.24) is 9.55 Å². The Morgan fingerprint density at radius 3 is 2.94 bits per heavy atom. The summed E-state index contributed by atoms with van der Waals surface area (Å²) in [6.45, 7) is 0.184. The highest BCUT2D eigenvalue weighted by atomic mass is 35.5. The van der Waals surface area contributed by atoms with Crippen molar-refractivity contribution < 1.29 is 5.11 Å². The molecule has 17 heavy (non-hydrogen) atoms. The Morgan fingerprint density at radius 2 is 2.29 bits per heavy atom. The summed E-state index contributed by atoms with van der Waals surface area (Å²) in [6.07, 6.45) is 1.57. The van der Waals surface area contributed by atoms with Gasteiger partial charge < -0.3 is 15.4 Å². The highest BCUT2D eigenvalue weighted by molar-refractivity contribution is 6.31. The number of hydrogen-bond acceptors (Lipinski definition) is 3. The molecule has 1 fully saturated rings. The van der Waals surface area contributed by atoms with Crippen LogP contribution in [0.15, 0.2) is 18.2 Å². The maximum Gasteiger partial charge on any atom is 0.140 e. The molecule has 1 atom stereocenters. The van der Waals surface area contributed by atoms with Crippen LogP contribution in [0.5, 0.6) is 0 Å². The van der Waals surface area contributed by atoms with E-state index in [1.807, 2.05) is 18.2 Å². The number of nitrogens with zero attached hydrogens (tertiary/aromatic N) is 2. The van der Waals surface area contributed by atoms with E-state index in [0.29, 0.717) is 16.9 Å². The number of benzene rings is 1. The first kappa shape index (κ1) is 11.0. The molecule has 2 aromatic rings. The number of aliphatic hydroxyl groups excluding tert-OH is 1. The van der Waals surface area contributed by atoms with Gasteiger partial charge in [-0.3, -0.25) is 0 Å². The third-order valence-corrected chi connectivity index (χ3v) is 3.35. The number of nitrogens with two attached hydrogens (primary N) is 1. The highest BCUT2D eigenvalue weighted by Gasteiger charge is 2.30. The topological polar surface area (TPSA) is 64.1 Å². The molecule has 0 amide bonds. The molecule has 3 rings (SSSR count). The average Bonchev–Trinajstić information content (AvgIpc) is 3.09. The largest absolute Gasteiger partial charge is 0.384 e. The molecule has 1 unspecified atom stereocenters. The van der Waals surface area contributed by atoms with Gasteiger partial charge in [0.15, 0.2) is 0 Å². The molecule has 0 radical (unpaired) electrons. The quantitative estimate of drug-likeness (QED) is 0.877. The van der Waals surface area contributed by atoms with E-state index in [1.165, 1.54) is 0 Å². The molecule has 0 spiro atoms. The van der Waals surface area contributed by atoms with E-state index >= 15 is 0 Å². The molecular formula is C12H14ClN3O. The van der Waals surface area contributed by atoms with Crippen molar-refractivity contribution in [2.24, 2.45) is 5.73 Å². The van der Waals surface area contributed by atoms with Crippen molar-refractivity contribution in [3.63, 3.8) is 0 Å². The van der Waals surface area contributed by atoms with Crippen molar-refractivity contribution in [2.45, 2.75) is 25.0 Å². The van der Waals surface area contributed by atoms with Crippen LogP contribution in [-0.4, -0.2) is 21.2 Å². The maximum atomic E-state index is 9.92. The SMILES string of the molecule is NCC(O)c1nc2cc(Cl)ccc2n1C1CC1. The number of rotatable bonds is 3. The number of halogens is 1. The van der Waals surface area contributed by atoms with Crippen molar-refractivity contribution in [3.8, 4) is 0 Å². The van der Waals surface area contributed by atoms with Gasteiger partial charge in [-0.15, -0.1) is 0 Å². The van der Waals surface area contributed by atoms with Crippen LogP contribution in [0, 0.1) is 0 Å². The Balaban J connectivity index is 2.22. The molecule has 1 aliphatic carbocycles. The third-order valence-electron chi connectivity index (χ3n) is 3.11. The lowest BCUT2D eigenvalue weighted by molar-refractivity contribution is 0.172. The fourth-order valence-corrected chi connectivity index (χ4v) is 2.31. The second-order valence-corrected chi connectivity index (χ2v) is 4.89. The zero-order valence-electron chi connectivity index (χ0n) is 9.31. The molecule has 1 heterocycles. The zero-order valence-corrected chi connectivity index (χ0v) is 10.1. The van der Waals surface area contributed by atoms with Gasteiger partial charge in [-0.05, 0) is 31.0 Å². The van der Waals surface area contributed by atoms with Crippen molar-refractivity contribution in [1.29, 1.82) is 0 Å². The third kappa shape index (κ3) is 1.82. The van der Waals surface area contributed by atoms with Crippen molar-refractivity contribution in [3.05, 3.63) is 29.0 Å². The minimum absolute atomic E-state index is 0.184. The Kier molecular flexibility index (Phi) is 2.58. The molecule has 0 saturated heterocycles. The Bertz CT molecular complexity index is 562. The summed E-state index contributed by atoms with van der Waals surface area (Å²) < 4.78 is 2.10. The summed E-state index contributed by atoms with van der Waals surface area (Å²) in [5.41, 5.74) is 7.37. The van der Waals surface area contributed by atoms with Crippen LogP contribution < -0.4 is 5.73 Å². The molecule has 1 saturated carbocycles. The normalized spacial score (nSPS) is 17.6. The Labute approximate surface area is 104 Å². The summed E-state index contributed by atoms with van der Waals surface area (Å²) in [6, 6.07) is 6.08. The smallest absolute Gasteiger partial charge is 0.140 e. The fraction of sp³-hybridized carbons (Fsp3) is 0.417. The first-order valence-corrected chi connectivity index (χ1v) is 6.14. The molecular weight excluding hydrogens is 238 g/mol. The molecule has 0 aliphatic heterocycles. The van der Waals surface area contributed by atoms with Crippen LogP contribution in [0.1, 0.15) is 30.8 Å². The summed E-state index contributed by atoms with van der Waals surface area (Å²) in [4.78, 5) is 4.45. The van der Waals surface area contributed by atoms with Crippen LogP contribution in [0.25, 0.3) is 11.0 Å². The summed E-state index contributed by atoms with van der Waals surface area (Å²) in [5.74, 6) is 0.660. The van der Waals surface area contributed by atoms with E-state index in [0.717, 1.165) is 23.9 Å². The van der Waals surface area contributed by atoms with Gasteiger partial charge in [-0.1, -0.05) is 11.6 Å². The summed E-state index contributed by atoms with van der Waals surface area (Å²) in [5, 5.41) is 10.6. The summed E-state index contributed by atoms with van der Waals surface area (Å²) in [7, 11) is 0. The van der Waals surface area contributed by atoms with E-state index in [-0.39, 0.29) is 6.54 Å². The highest BCUT2D eigenvalue weighted by Crippen LogP contribution is 2.40.